The Morgan fingerprint density at radius 1 is 1.16 bits per heavy atom. The van der Waals surface area contributed by atoms with Crippen LogP contribution in [0.3, 0.4) is 0 Å². The van der Waals surface area contributed by atoms with Crippen LogP contribution in [0.5, 0.6) is 0 Å². The Hall–Kier alpha value is -2.29. The van der Waals surface area contributed by atoms with Crippen LogP contribution in [0.4, 0.5) is 17.6 Å². The molecule has 1 aromatic rings. The minimum atomic E-state index is -4.28. The quantitative estimate of drug-likeness (QED) is 0.299. The third kappa shape index (κ3) is 7.62. The van der Waals surface area contributed by atoms with Crippen molar-refractivity contribution in [2.24, 2.45) is 21.8 Å². The van der Waals surface area contributed by atoms with Gasteiger partial charge in [-0.2, -0.15) is 13.2 Å². The fraction of sp³-hybridized carbons (Fsp3) is 0.571. The summed E-state index contributed by atoms with van der Waals surface area (Å²) in [5.41, 5.74) is -0.151. The average molecular weight is 541 g/mol. The molecule has 0 amide bonds. The number of alkyl halides is 3. The van der Waals surface area contributed by atoms with Crippen molar-refractivity contribution >= 4 is 23.6 Å². The van der Waals surface area contributed by atoms with Gasteiger partial charge in [-0.25, -0.2) is 14.4 Å². The second kappa shape index (κ2) is 12.5. The third-order valence-electron chi connectivity index (χ3n) is 6.36. The molecule has 0 saturated heterocycles. The molecule has 0 N–H and O–H groups in total. The van der Waals surface area contributed by atoms with Gasteiger partial charge in [-0.1, -0.05) is 49.9 Å². The first-order valence-corrected chi connectivity index (χ1v) is 13.6. The molecular weight excluding hydrogens is 504 g/mol. The predicted octanol–water partition coefficient (Wildman–Crippen LogP) is 7.93. The van der Waals surface area contributed by atoms with Crippen LogP contribution < -0.4 is 0 Å². The van der Waals surface area contributed by atoms with E-state index in [0.29, 0.717) is 59.6 Å². The number of ether oxygens (including phenoxy) is 2. The van der Waals surface area contributed by atoms with Crippen molar-refractivity contribution in [3.63, 3.8) is 0 Å². The minimum absolute atomic E-state index is 0.0657. The first kappa shape index (κ1) is 29.3. The summed E-state index contributed by atoms with van der Waals surface area (Å²) in [7, 11) is 0. The van der Waals surface area contributed by atoms with Gasteiger partial charge in [-0.3, -0.25) is 0 Å². The summed E-state index contributed by atoms with van der Waals surface area (Å²) in [6.45, 7) is 10.9. The third-order valence-corrected chi connectivity index (χ3v) is 7.36. The maximum Gasteiger partial charge on any atom is 0.395 e. The van der Waals surface area contributed by atoms with Crippen molar-refractivity contribution in [3.05, 3.63) is 52.7 Å². The molecular formula is C28H36F4N2O2S. The number of aliphatic imine (C=N–C) groups is 2. The SMILES string of the molecule is CCOC1=N[C@](C)(CCCc2ccc(SC3=CC(C(F)(F)F)CC=C3)cc2F)C(OCC)=N[C@H]1C(C)C. The lowest BCUT2D eigenvalue weighted by atomic mass is 9.91. The first-order valence-electron chi connectivity index (χ1n) is 12.8. The zero-order chi connectivity index (χ0) is 27.2. The number of thioether (sulfide) groups is 1. The van der Waals surface area contributed by atoms with Crippen LogP contribution in [0, 0.1) is 17.7 Å². The Morgan fingerprint density at radius 2 is 1.89 bits per heavy atom. The lowest BCUT2D eigenvalue weighted by Gasteiger charge is -2.34. The van der Waals surface area contributed by atoms with E-state index in [0.717, 1.165) is 11.8 Å². The second-order valence-corrected chi connectivity index (χ2v) is 10.9. The summed E-state index contributed by atoms with van der Waals surface area (Å²) in [5, 5.41) is 0. The molecule has 0 spiro atoms. The number of halogens is 4. The summed E-state index contributed by atoms with van der Waals surface area (Å²) in [6.07, 6.45) is 1.75. The zero-order valence-electron chi connectivity index (χ0n) is 22.1. The number of hydrogen-bond donors (Lipinski definition) is 0. The van der Waals surface area contributed by atoms with Gasteiger partial charge in [0.1, 0.15) is 17.4 Å². The van der Waals surface area contributed by atoms with Gasteiger partial charge >= 0.3 is 6.18 Å². The number of benzene rings is 1. The van der Waals surface area contributed by atoms with Crippen LogP contribution in [-0.4, -0.2) is 42.8 Å². The summed E-state index contributed by atoms with van der Waals surface area (Å²) < 4.78 is 65.8. The van der Waals surface area contributed by atoms with Gasteiger partial charge in [0.2, 0.25) is 11.8 Å². The molecule has 37 heavy (non-hydrogen) atoms. The van der Waals surface area contributed by atoms with Crippen LogP contribution in [-0.2, 0) is 15.9 Å². The average Bonchev–Trinajstić information content (AvgIpc) is 2.82. The number of rotatable bonds is 9. The fourth-order valence-corrected chi connectivity index (χ4v) is 5.34. The summed E-state index contributed by atoms with van der Waals surface area (Å²) in [6, 6.07) is 4.65. The molecule has 3 atom stereocenters. The van der Waals surface area contributed by atoms with E-state index in [1.807, 2.05) is 20.8 Å². The maximum atomic E-state index is 14.9. The summed E-state index contributed by atoms with van der Waals surface area (Å²) in [4.78, 5) is 10.8. The van der Waals surface area contributed by atoms with Gasteiger partial charge in [-0.15, -0.1) is 0 Å². The molecule has 4 nitrogen and oxygen atoms in total. The van der Waals surface area contributed by atoms with Crippen molar-refractivity contribution in [2.45, 2.75) is 83.0 Å². The Bertz CT molecular complexity index is 1060. The molecule has 204 valence electrons. The molecule has 9 heteroatoms. The molecule has 1 aliphatic carbocycles. The van der Waals surface area contributed by atoms with Gasteiger partial charge in [-0.05, 0) is 70.1 Å². The van der Waals surface area contributed by atoms with Crippen LogP contribution in [0.1, 0.15) is 59.4 Å². The van der Waals surface area contributed by atoms with Gasteiger partial charge in [0.15, 0.2) is 0 Å². The van der Waals surface area contributed by atoms with E-state index in [1.165, 1.54) is 18.2 Å². The van der Waals surface area contributed by atoms with Crippen LogP contribution in [0.15, 0.2) is 56.2 Å². The first-order chi connectivity index (χ1) is 17.5. The van der Waals surface area contributed by atoms with Gasteiger partial charge in [0.05, 0.1) is 19.1 Å². The van der Waals surface area contributed by atoms with Gasteiger partial charge in [0, 0.05) is 9.80 Å². The number of hydrogen-bond acceptors (Lipinski definition) is 5. The maximum absolute atomic E-state index is 14.9. The van der Waals surface area contributed by atoms with E-state index in [-0.39, 0.29) is 24.2 Å². The highest BCUT2D eigenvalue weighted by Gasteiger charge is 2.40. The highest BCUT2D eigenvalue weighted by Crippen LogP contribution is 2.38. The van der Waals surface area contributed by atoms with Crippen molar-refractivity contribution in [1.29, 1.82) is 0 Å². The van der Waals surface area contributed by atoms with E-state index in [9.17, 15) is 17.6 Å². The molecule has 1 heterocycles. The zero-order valence-corrected chi connectivity index (χ0v) is 22.9. The lowest BCUT2D eigenvalue weighted by molar-refractivity contribution is -0.160. The van der Waals surface area contributed by atoms with Crippen LogP contribution >= 0.6 is 11.8 Å². The number of allylic oxidation sites excluding steroid dienone is 3. The topological polar surface area (TPSA) is 43.2 Å². The minimum Gasteiger partial charge on any atom is -0.480 e. The van der Waals surface area contributed by atoms with Gasteiger partial charge in [0.25, 0.3) is 0 Å². The standard InChI is InChI=1S/C28H36F4N2O2S/c1-6-35-25-24(18(3)4)33-26(36-7-2)27(5,34-25)15-9-10-19-13-14-22(17-23(19)29)37-21-12-8-11-20(16-21)28(30,31)32/h8,12-14,16-18,20,24H,6-7,9-11,15H2,1-5H3/t20?,24-,27+/m0/s1. The summed E-state index contributed by atoms with van der Waals surface area (Å²) in [5.74, 6) is -0.485. The van der Waals surface area contributed by atoms with E-state index in [1.54, 1.807) is 18.2 Å². The van der Waals surface area contributed by atoms with Crippen molar-refractivity contribution in [2.75, 3.05) is 13.2 Å². The Morgan fingerprint density at radius 3 is 2.51 bits per heavy atom. The summed E-state index contributed by atoms with van der Waals surface area (Å²) >= 11 is 1.14. The van der Waals surface area contributed by atoms with Crippen molar-refractivity contribution < 1.29 is 27.0 Å². The molecule has 0 fully saturated rings. The van der Waals surface area contributed by atoms with Crippen LogP contribution in [0.25, 0.3) is 0 Å². The van der Waals surface area contributed by atoms with Gasteiger partial charge < -0.3 is 9.47 Å². The van der Waals surface area contributed by atoms with E-state index >= 15 is 0 Å². The smallest absolute Gasteiger partial charge is 0.395 e. The monoisotopic (exact) mass is 540 g/mol. The Balaban J connectivity index is 1.67. The molecule has 0 bridgehead atoms. The molecule has 3 rings (SSSR count). The normalized spacial score (nSPS) is 24.0. The number of aryl methyl sites for hydroxylation is 1. The molecule has 0 radical (unpaired) electrons. The Kier molecular flexibility index (Phi) is 9.89. The molecule has 0 aromatic heterocycles. The molecule has 0 saturated carbocycles. The van der Waals surface area contributed by atoms with E-state index < -0.39 is 17.6 Å². The van der Waals surface area contributed by atoms with E-state index in [4.69, 9.17) is 19.5 Å². The largest absolute Gasteiger partial charge is 0.480 e. The highest BCUT2D eigenvalue weighted by molar-refractivity contribution is 8.03. The molecule has 1 aromatic carbocycles. The lowest BCUT2D eigenvalue weighted by Crippen LogP contribution is -2.45. The second-order valence-electron chi connectivity index (χ2n) is 9.78. The van der Waals surface area contributed by atoms with Crippen LogP contribution in [0.2, 0.25) is 0 Å². The fourth-order valence-electron chi connectivity index (χ4n) is 4.37. The van der Waals surface area contributed by atoms with Crippen molar-refractivity contribution in [1.82, 2.24) is 0 Å². The highest BCUT2D eigenvalue weighted by atomic mass is 32.2. The van der Waals surface area contributed by atoms with E-state index in [2.05, 4.69) is 13.8 Å². The van der Waals surface area contributed by atoms with Crippen molar-refractivity contribution in [3.8, 4) is 0 Å². The molecule has 2 aliphatic rings. The number of nitrogens with zero attached hydrogens (tertiary/aromatic N) is 2. The molecule has 1 unspecified atom stereocenters. The molecule has 1 aliphatic heterocycles. The Labute approximate surface area is 221 Å². The predicted molar refractivity (Wildman–Crippen MR) is 142 cm³/mol.